The maximum Gasteiger partial charge on any atom is 0.179 e. The average Bonchev–Trinajstić information content (AvgIpc) is 3.21. The van der Waals surface area contributed by atoms with Gasteiger partial charge in [-0.25, -0.2) is 0 Å². The second-order valence-corrected chi connectivity index (χ2v) is 5.83. The minimum absolute atomic E-state index is 0.00736. The zero-order valence-electron chi connectivity index (χ0n) is 12.6. The van der Waals surface area contributed by atoms with Crippen LogP contribution >= 0.6 is 0 Å². The third kappa shape index (κ3) is 3.24. The highest BCUT2D eigenvalue weighted by atomic mass is 16.1. The van der Waals surface area contributed by atoms with Gasteiger partial charge in [0.05, 0.1) is 6.04 Å². The molecule has 0 spiro atoms. The average molecular weight is 259 g/mol. The van der Waals surface area contributed by atoms with Crippen molar-refractivity contribution in [1.82, 2.24) is 4.90 Å². The Hall–Kier alpha value is -1.15. The quantitative estimate of drug-likeness (QED) is 0.725. The number of carbonyl (C=O) groups is 1. The van der Waals surface area contributed by atoms with E-state index in [1.165, 1.54) is 12.8 Å². The molecule has 2 rings (SSSR count). The molecule has 1 aliphatic rings. The molecule has 1 aromatic carbocycles. The van der Waals surface area contributed by atoms with E-state index in [-0.39, 0.29) is 11.8 Å². The van der Waals surface area contributed by atoms with Gasteiger partial charge in [-0.3, -0.25) is 9.69 Å². The van der Waals surface area contributed by atoms with Crippen molar-refractivity contribution < 1.29 is 4.79 Å². The van der Waals surface area contributed by atoms with E-state index in [0.29, 0.717) is 6.04 Å². The van der Waals surface area contributed by atoms with Crippen LogP contribution in [-0.4, -0.2) is 29.3 Å². The Kier molecular flexibility index (Phi) is 4.41. The zero-order valence-corrected chi connectivity index (χ0v) is 12.6. The van der Waals surface area contributed by atoms with Crippen LogP contribution in [-0.2, 0) is 0 Å². The van der Waals surface area contributed by atoms with E-state index in [1.807, 2.05) is 19.9 Å². The van der Waals surface area contributed by atoms with Crippen molar-refractivity contribution in [2.45, 2.75) is 59.0 Å². The number of carbonyl (C=O) groups excluding carboxylic acids is 1. The summed E-state index contributed by atoms with van der Waals surface area (Å²) < 4.78 is 0. The van der Waals surface area contributed by atoms with E-state index in [4.69, 9.17) is 0 Å². The van der Waals surface area contributed by atoms with E-state index in [0.717, 1.165) is 29.7 Å². The molecule has 19 heavy (non-hydrogen) atoms. The van der Waals surface area contributed by atoms with Gasteiger partial charge in [-0.15, -0.1) is 0 Å². The first-order valence-electron chi connectivity index (χ1n) is 7.41. The number of Topliss-reactive ketones (excluding diaryl/α,β-unsaturated/α-hetero) is 1. The number of benzene rings is 1. The Morgan fingerprint density at radius 3 is 2.63 bits per heavy atom. The second-order valence-electron chi connectivity index (χ2n) is 5.83. The van der Waals surface area contributed by atoms with Crippen molar-refractivity contribution in [2.24, 2.45) is 0 Å². The van der Waals surface area contributed by atoms with Crippen molar-refractivity contribution in [1.29, 1.82) is 0 Å². The molecule has 1 aromatic rings. The topological polar surface area (TPSA) is 20.3 Å². The van der Waals surface area contributed by atoms with Gasteiger partial charge in [0.15, 0.2) is 5.78 Å². The summed E-state index contributed by atoms with van der Waals surface area (Å²) in [5.74, 6) is 0.279. The van der Waals surface area contributed by atoms with Gasteiger partial charge in [-0.2, -0.15) is 0 Å². The van der Waals surface area contributed by atoms with Gasteiger partial charge in [0, 0.05) is 11.6 Å². The van der Waals surface area contributed by atoms with Crippen LogP contribution in [0.5, 0.6) is 0 Å². The monoisotopic (exact) mass is 259 g/mol. The Bertz CT molecular complexity index is 462. The van der Waals surface area contributed by atoms with Gasteiger partial charge in [0.2, 0.25) is 0 Å². The Morgan fingerprint density at radius 2 is 2.05 bits per heavy atom. The molecule has 0 N–H and O–H groups in total. The van der Waals surface area contributed by atoms with Gasteiger partial charge in [-0.05, 0) is 58.2 Å². The molecule has 1 fully saturated rings. The summed E-state index contributed by atoms with van der Waals surface area (Å²) in [6.45, 7) is 9.36. The second kappa shape index (κ2) is 5.87. The van der Waals surface area contributed by atoms with Crippen molar-refractivity contribution in [3.05, 3.63) is 34.9 Å². The maximum absolute atomic E-state index is 12.7. The summed E-state index contributed by atoms with van der Waals surface area (Å²) in [7, 11) is 0. The highest BCUT2D eigenvalue weighted by Gasteiger charge is 2.34. The predicted octanol–water partition coefficient (Wildman–Crippen LogP) is 3.75. The molecule has 0 aromatic heterocycles. The molecule has 0 aliphatic heterocycles. The van der Waals surface area contributed by atoms with E-state index in [9.17, 15) is 4.79 Å². The van der Waals surface area contributed by atoms with Gasteiger partial charge >= 0.3 is 0 Å². The lowest BCUT2D eigenvalue weighted by Crippen LogP contribution is -2.41. The van der Waals surface area contributed by atoms with E-state index in [1.54, 1.807) is 0 Å². The SMILES string of the molecule is CCCN(C1CC1)C(C)C(=O)c1cc(C)ccc1C. The van der Waals surface area contributed by atoms with Crippen LogP contribution in [0, 0.1) is 13.8 Å². The van der Waals surface area contributed by atoms with Crippen LogP contribution in [0.2, 0.25) is 0 Å². The molecule has 1 unspecified atom stereocenters. The maximum atomic E-state index is 12.7. The Labute approximate surface area is 116 Å². The van der Waals surface area contributed by atoms with Crippen molar-refractivity contribution >= 4 is 5.78 Å². The number of hydrogen-bond donors (Lipinski definition) is 0. The molecule has 1 atom stereocenters. The lowest BCUT2D eigenvalue weighted by molar-refractivity contribution is 0.0825. The summed E-state index contributed by atoms with van der Waals surface area (Å²) in [5, 5.41) is 0. The summed E-state index contributed by atoms with van der Waals surface area (Å²) in [6.07, 6.45) is 3.62. The van der Waals surface area contributed by atoms with Crippen LogP contribution in [0.15, 0.2) is 18.2 Å². The third-order valence-electron chi connectivity index (χ3n) is 4.03. The molecule has 0 saturated heterocycles. The first-order chi connectivity index (χ1) is 9.04. The first kappa shape index (κ1) is 14.3. The fourth-order valence-electron chi connectivity index (χ4n) is 2.73. The number of hydrogen-bond acceptors (Lipinski definition) is 2. The molecule has 0 heterocycles. The summed E-state index contributed by atoms with van der Waals surface area (Å²) >= 11 is 0. The van der Waals surface area contributed by atoms with Crippen LogP contribution in [0.3, 0.4) is 0 Å². The minimum Gasteiger partial charge on any atom is -0.292 e. The van der Waals surface area contributed by atoms with Crippen LogP contribution in [0.4, 0.5) is 0 Å². The highest BCUT2D eigenvalue weighted by Crippen LogP contribution is 2.30. The third-order valence-corrected chi connectivity index (χ3v) is 4.03. The number of aryl methyl sites for hydroxylation is 2. The van der Waals surface area contributed by atoms with E-state index >= 15 is 0 Å². The van der Waals surface area contributed by atoms with Gasteiger partial charge in [0.25, 0.3) is 0 Å². The smallest absolute Gasteiger partial charge is 0.179 e. The zero-order chi connectivity index (χ0) is 14.0. The first-order valence-corrected chi connectivity index (χ1v) is 7.41. The number of nitrogens with zero attached hydrogens (tertiary/aromatic N) is 1. The number of rotatable bonds is 6. The number of ketones is 1. The van der Waals surface area contributed by atoms with Crippen LogP contribution < -0.4 is 0 Å². The molecular weight excluding hydrogens is 234 g/mol. The summed E-state index contributed by atoms with van der Waals surface area (Å²) in [4.78, 5) is 15.1. The van der Waals surface area contributed by atoms with E-state index < -0.39 is 0 Å². The molecule has 2 nitrogen and oxygen atoms in total. The van der Waals surface area contributed by atoms with Crippen molar-refractivity contribution in [3.63, 3.8) is 0 Å². The molecular formula is C17H25NO. The van der Waals surface area contributed by atoms with Gasteiger partial charge < -0.3 is 0 Å². The van der Waals surface area contributed by atoms with Crippen LogP contribution in [0.1, 0.15) is 54.6 Å². The standard InChI is InChI=1S/C17H25NO/c1-5-10-18(15-8-9-15)14(4)17(19)16-11-12(2)6-7-13(16)3/h6-7,11,14-15H,5,8-10H2,1-4H3. The molecule has 0 radical (unpaired) electrons. The Morgan fingerprint density at radius 1 is 1.37 bits per heavy atom. The molecule has 104 valence electrons. The molecule has 1 saturated carbocycles. The van der Waals surface area contributed by atoms with Crippen LogP contribution in [0.25, 0.3) is 0 Å². The molecule has 0 amide bonds. The molecule has 1 aliphatic carbocycles. The summed E-state index contributed by atoms with van der Waals surface area (Å²) in [6, 6.07) is 6.81. The van der Waals surface area contributed by atoms with Gasteiger partial charge in [0.1, 0.15) is 0 Å². The minimum atomic E-state index is 0.00736. The normalized spacial score (nSPS) is 16.7. The molecule has 0 bridgehead atoms. The fraction of sp³-hybridized carbons (Fsp3) is 0.588. The van der Waals surface area contributed by atoms with Crippen molar-refractivity contribution in [3.8, 4) is 0 Å². The lowest BCUT2D eigenvalue weighted by Gasteiger charge is -2.28. The Balaban J connectivity index is 2.19. The largest absolute Gasteiger partial charge is 0.292 e. The predicted molar refractivity (Wildman–Crippen MR) is 79.7 cm³/mol. The fourth-order valence-corrected chi connectivity index (χ4v) is 2.73. The summed E-state index contributed by atoms with van der Waals surface area (Å²) in [5.41, 5.74) is 3.15. The highest BCUT2D eigenvalue weighted by molar-refractivity contribution is 6.01. The van der Waals surface area contributed by atoms with Gasteiger partial charge in [-0.1, -0.05) is 24.6 Å². The van der Waals surface area contributed by atoms with Crippen molar-refractivity contribution in [2.75, 3.05) is 6.54 Å². The lowest BCUT2D eigenvalue weighted by atomic mass is 9.97. The van der Waals surface area contributed by atoms with E-state index in [2.05, 4.69) is 30.9 Å². The molecule has 2 heteroatoms.